The second-order valence-corrected chi connectivity index (χ2v) is 12.2. The Bertz CT molecular complexity index is 320. The standard InChI is InChI=1S/2C18H37O.H6N2O/c2*1-2-3-4-5-6-7-8-9-10-11-12-13-14-15-16-17-18-19;1-3-2/h2*2-18H2,1H3;1-2H3/q2*-1;+2. The van der Waals surface area contributed by atoms with Gasteiger partial charge in [0.15, 0.2) is 0 Å². The van der Waals surface area contributed by atoms with Gasteiger partial charge in [0.05, 0.1) is 0 Å². The maximum absolute atomic E-state index is 10.3. The molecular formula is C36H80N2O3. The van der Waals surface area contributed by atoms with Crippen molar-refractivity contribution in [2.24, 2.45) is 0 Å². The molecule has 0 heterocycles. The van der Waals surface area contributed by atoms with Gasteiger partial charge in [-0.1, -0.05) is 219 Å². The minimum Gasteiger partial charge on any atom is -0.854 e. The van der Waals surface area contributed by atoms with Crippen molar-refractivity contribution in [2.75, 3.05) is 13.2 Å². The highest BCUT2D eigenvalue weighted by Crippen LogP contribution is 2.15. The number of hydrogen-bond acceptors (Lipinski definition) is 3. The van der Waals surface area contributed by atoms with Gasteiger partial charge in [-0.05, 0) is 4.94 Å². The molecule has 0 spiro atoms. The molecule has 5 heteroatoms. The summed E-state index contributed by atoms with van der Waals surface area (Å²) in [5.41, 5.74) is 0. The van der Waals surface area contributed by atoms with E-state index in [1.807, 2.05) is 0 Å². The van der Waals surface area contributed by atoms with Gasteiger partial charge in [0, 0.05) is 0 Å². The van der Waals surface area contributed by atoms with E-state index in [4.69, 9.17) is 0 Å². The average Bonchev–Trinajstić information content (AvgIpc) is 2.98. The fourth-order valence-corrected chi connectivity index (χ4v) is 5.30. The van der Waals surface area contributed by atoms with E-state index in [2.05, 4.69) is 30.6 Å². The Kier molecular flexibility index (Phi) is 54.6. The summed E-state index contributed by atoms with van der Waals surface area (Å²) < 4.78 is 0. The largest absolute Gasteiger partial charge is 0.854 e. The van der Waals surface area contributed by atoms with E-state index in [0.29, 0.717) is 0 Å². The van der Waals surface area contributed by atoms with Crippen LogP contribution in [-0.4, -0.2) is 13.2 Å². The summed E-state index contributed by atoms with van der Waals surface area (Å²) in [6, 6.07) is 0. The predicted octanol–water partition coefficient (Wildman–Crippen LogP) is 8.53. The van der Waals surface area contributed by atoms with Crippen LogP contribution >= 0.6 is 0 Å². The van der Waals surface area contributed by atoms with Gasteiger partial charge in [-0.3, -0.25) is 0 Å². The summed E-state index contributed by atoms with van der Waals surface area (Å²) in [6.45, 7) is 4.81. The molecule has 0 saturated carbocycles. The zero-order chi connectivity index (χ0) is 30.7. The molecule has 6 N–H and O–H groups in total. The first kappa shape index (κ1) is 45.2. The van der Waals surface area contributed by atoms with Gasteiger partial charge in [0.25, 0.3) is 0 Å². The molecule has 0 aromatic heterocycles. The Hall–Kier alpha value is -0.200. The van der Waals surface area contributed by atoms with E-state index in [0.717, 1.165) is 25.7 Å². The number of rotatable bonds is 32. The number of quaternary nitrogens is 2. The van der Waals surface area contributed by atoms with Gasteiger partial charge >= 0.3 is 0 Å². The molecule has 0 unspecified atom stereocenters. The van der Waals surface area contributed by atoms with Crippen molar-refractivity contribution in [3.63, 3.8) is 0 Å². The highest BCUT2D eigenvalue weighted by molar-refractivity contribution is 4.51. The molecule has 0 aliphatic heterocycles. The lowest BCUT2D eigenvalue weighted by atomic mass is 10.0. The molecule has 0 aliphatic rings. The third-order valence-corrected chi connectivity index (χ3v) is 8.00. The molecule has 0 aromatic carbocycles. The number of unbranched alkanes of at least 4 members (excludes halogenated alkanes) is 30. The van der Waals surface area contributed by atoms with Gasteiger partial charge in [0.1, 0.15) is 0 Å². The van der Waals surface area contributed by atoms with Gasteiger partial charge < -0.3 is 10.2 Å². The van der Waals surface area contributed by atoms with Crippen LogP contribution in [0.15, 0.2) is 0 Å². The molecule has 0 amide bonds. The van der Waals surface area contributed by atoms with E-state index < -0.39 is 0 Å². The van der Waals surface area contributed by atoms with Crippen LogP contribution in [0.2, 0.25) is 0 Å². The third-order valence-electron chi connectivity index (χ3n) is 8.00. The smallest absolute Gasteiger partial charge is 0.0174 e. The Morgan fingerprint density at radius 1 is 0.293 bits per heavy atom. The van der Waals surface area contributed by atoms with E-state index in [-0.39, 0.29) is 13.2 Å². The van der Waals surface area contributed by atoms with Crippen LogP contribution in [0.5, 0.6) is 0 Å². The molecule has 41 heavy (non-hydrogen) atoms. The van der Waals surface area contributed by atoms with E-state index in [1.54, 1.807) is 0 Å². The lowest BCUT2D eigenvalue weighted by Gasteiger charge is -2.04. The first-order chi connectivity index (χ1) is 20.2. The predicted molar refractivity (Wildman–Crippen MR) is 176 cm³/mol. The normalized spacial score (nSPS) is 10.7. The van der Waals surface area contributed by atoms with Crippen molar-refractivity contribution in [1.29, 1.82) is 0 Å². The minimum atomic E-state index is 0.123. The van der Waals surface area contributed by atoms with Gasteiger partial charge in [-0.25, -0.2) is 0 Å². The third kappa shape index (κ3) is 56.2. The van der Waals surface area contributed by atoms with Gasteiger partial charge in [-0.2, -0.15) is 11.8 Å². The Labute approximate surface area is 259 Å². The molecule has 0 aliphatic carbocycles. The topological polar surface area (TPSA) is 111 Å². The van der Waals surface area contributed by atoms with Crippen molar-refractivity contribution < 1.29 is 26.9 Å². The van der Waals surface area contributed by atoms with Crippen molar-refractivity contribution >= 4 is 0 Å². The maximum Gasteiger partial charge on any atom is -0.0174 e. The van der Waals surface area contributed by atoms with E-state index in [1.165, 1.54) is 180 Å². The molecule has 0 bridgehead atoms. The van der Waals surface area contributed by atoms with Crippen LogP contribution in [0.3, 0.4) is 0 Å². The summed E-state index contributed by atoms with van der Waals surface area (Å²) in [4.78, 5) is 3.75. The second-order valence-electron chi connectivity index (χ2n) is 12.2. The molecule has 0 rings (SSSR count). The number of hydrogen-bond donors (Lipinski definition) is 2. The van der Waals surface area contributed by atoms with Crippen LogP contribution < -0.4 is 22.0 Å². The minimum absolute atomic E-state index is 0.123. The van der Waals surface area contributed by atoms with Crippen LogP contribution in [0.4, 0.5) is 0 Å². The molecule has 0 aromatic rings. The van der Waals surface area contributed by atoms with Crippen molar-refractivity contribution in [1.82, 2.24) is 0 Å². The zero-order valence-electron chi connectivity index (χ0n) is 28.7. The van der Waals surface area contributed by atoms with Gasteiger partial charge in [-0.15, -0.1) is 13.2 Å². The molecular weight excluding hydrogens is 508 g/mol. The maximum atomic E-state index is 10.3. The second kappa shape index (κ2) is 49.5. The summed E-state index contributed by atoms with van der Waals surface area (Å²) in [5, 5.41) is 20.5. The zero-order valence-corrected chi connectivity index (χ0v) is 28.7. The average molecular weight is 589 g/mol. The molecule has 0 fully saturated rings. The Morgan fingerprint density at radius 3 is 0.537 bits per heavy atom. The first-order valence-corrected chi connectivity index (χ1v) is 18.6. The molecule has 0 radical (unpaired) electrons. The summed E-state index contributed by atoms with van der Waals surface area (Å²) in [6.07, 6.45) is 43.7. The first-order valence-electron chi connectivity index (χ1n) is 18.6. The summed E-state index contributed by atoms with van der Waals surface area (Å²) in [5.74, 6) is 5.75. The van der Waals surface area contributed by atoms with Crippen LogP contribution in [-0.2, 0) is 4.94 Å². The summed E-state index contributed by atoms with van der Waals surface area (Å²) in [7, 11) is 0. The molecule has 0 atom stereocenters. The van der Waals surface area contributed by atoms with Crippen LogP contribution in [0, 0.1) is 0 Å². The highest BCUT2D eigenvalue weighted by Gasteiger charge is 1.95. The molecule has 0 saturated heterocycles. The van der Waals surface area contributed by atoms with Crippen LogP contribution in [0.1, 0.15) is 219 Å². The van der Waals surface area contributed by atoms with Crippen molar-refractivity contribution in [2.45, 2.75) is 219 Å². The van der Waals surface area contributed by atoms with Crippen molar-refractivity contribution in [3.8, 4) is 0 Å². The fourth-order valence-electron chi connectivity index (χ4n) is 5.30. The lowest BCUT2D eigenvalue weighted by Crippen LogP contribution is -2.71. The Balaban J connectivity index is -0.000000642. The van der Waals surface area contributed by atoms with E-state index in [9.17, 15) is 10.2 Å². The lowest BCUT2D eigenvalue weighted by molar-refractivity contribution is -0.972. The van der Waals surface area contributed by atoms with E-state index >= 15 is 0 Å². The SMILES string of the molecule is CCCCCCCCCCCCCCCCCC[O-].CCCCCCCCCCCCCCCCCC[O-].[NH3+]O[NH3+]. The Morgan fingerprint density at radius 2 is 0.415 bits per heavy atom. The monoisotopic (exact) mass is 589 g/mol. The molecule has 5 nitrogen and oxygen atoms in total. The molecule has 252 valence electrons. The van der Waals surface area contributed by atoms with Gasteiger partial charge in [0.2, 0.25) is 0 Å². The fraction of sp³-hybridized carbons (Fsp3) is 1.00. The quantitative estimate of drug-likeness (QED) is 0.0606. The van der Waals surface area contributed by atoms with Crippen molar-refractivity contribution in [3.05, 3.63) is 0 Å². The summed E-state index contributed by atoms with van der Waals surface area (Å²) >= 11 is 0. The highest BCUT2D eigenvalue weighted by atomic mass is 16.7. The van der Waals surface area contributed by atoms with Crippen LogP contribution in [0.25, 0.3) is 0 Å².